The lowest BCUT2D eigenvalue weighted by atomic mass is 9.94. The van der Waals surface area contributed by atoms with Crippen molar-refractivity contribution in [2.24, 2.45) is 0 Å². The van der Waals surface area contributed by atoms with E-state index in [-0.39, 0.29) is 5.69 Å². The zero-order valence-electron chi connectivity index (χ0n) is 13.8. The molecule has 134 valence electrons. The second-order valence-corrected chi connectivity index (χ2v) is 6.08. The van der Waals surface area contributed by atoms with E-state index < -0.39 is 35.9 Å². The number of hydrogen-bond donors (Lipinski definition) is 1. The minimum Gasteiger partial charge on any atom is -0.322 e. The van der Waals surface area contributed by atoms with Gasteiger partial charge >= 0.3 is 0 Å². The van der Waals surface area contributed by atoms with Crippen LogP contribution >= 0.6 is 0 Å². The molecule has 3 amide bonds. The van der Waals surface area contributed by atoms with Gasteiger partial charge in [0.05, 0.1) is 5.69 Å². The highest BCUT2D eigenvalue weighted by molar-refractivity contribution is 6.26. The second-order valence-electron chi connectivity index (χ2n) is 6.08. The molecule has 4 rings (SSSR count). The number of carbonyl (C=O) groups excluding carboxylic acids is 3. The van der Waals surface area contributed by atoms with E-state index in [9.17, 15) is 23.2 Å². The zero-order chi connectivity index (χ0) is 19.1. The summed E-state index contributed by atoms with van der Waals surface area (Å²) >= 11 is 0. The van der Waals surface area contributed by atoms with Gasteiger partial charge in [-0.3, -0.25) is 19.3 Å². The third-order valence-corrected chi connectivity index (χ3v) is 4.36. The predicted octanol–water partition coefficient (Wildman–Crippen LogP) is 3.35. The van der Waals surface area contributed by atoms with Crippen molar-refractivity contribution in [3.8, 4) is 0 Å². The first-order chi connectivity index (χ1) is 13.0. The first-order valence-electron chi connectivity index (χ1n) is 8.08. The van der Waals surface area contributed by atoms with Crippen LogP contribution in [0.1, 0.15) is 20.7 Å². The van der Waals surface area contributed by atoms with Gasteiger partial charge in [0.15, 0.2) is 0 Å². The third kappa shape index (κ3) is 2.83. The van der Waals surface area contributed by atoms with E-state index >= 15 is 0 Å². The van der Waals surface area contributed by atoms with Gasteiger partial charge in [0.2, 0.25) is 5.91 Å². The molecule has 0 saturated carbocycles. The van der Waals surface area contributed by atoms with Crippen LogP contribution in [0.15, 0.2) is 54.6 Å². The number of rotatable bonds is 3. The number of nitrogens with zero attached hydrogens (tertiary/aromatic N) is 1. The topological polar surface area (TPSA) is 66.5 Å². The number of carbonyl (C=O) groups is 3. The van der Waals surface area contributed by atoms with Gasteiger partial charge in [0.25, 0.3) is 11.8 Å². The normalized spacial score (nSPS) is 13.2. The summed E-state index contributed by atoms with van der Waals surface area (Å²) in [7, 11) is 0. The Bertz CT molecular complexity index is 1080. The standard InChI is InChI=1S/C20H12F2N2O3/c21-12-7-8-16(15(22)9-12)23-17(25)10-24-19(26)13-5-1-3-11-4-2-6-14(18(11)13)20(24)27/h1-9H,10H2,(H,23,25). The van der Waals surface area contributed by atoms with Gasteiger partial charge in [-0.15, -0.1) is 0 Å². The number of halogens is 2. The highest BCUT2D eigenvalue weighted by Gasteiger charge is 2.33. The van der Waals surface area contributed by atoms with Crippen molar-refractivity contribution in [1.82, 2.24) is 4.90 Å². The Balaban J connectivity index is 1.62. The molecule has 0 aromatic heterocycles. The summed E-state index contributed by atoms with van der Waals surface area (Å²) in [4.78, 5) is 38.5. The van der Waals surface area contributed by atoms with E-state index in [4.69, 9.17) is 0 Å². The molecule has 5 nitrogen and oxygen atoms in total. The molecule has 3 aromatic rings. The lowest BCUT2D eigenvalue weighted by Crippen LogP contribution is -2.44. The molecule has 0 bridgehead atoms. The van der Waals surface area contributed by atoms with Crippen LogP contribution in [0.3, 0.4) is 0 Å². The Morgan fingerprint density at radius 1 is 0.926 bits per heavy atom. The molecular formula is C20H12F2N2O3. The van der Waals surface area contributed by atoms with Gasteiger partial charge in [-0.2, -0.15) is 0 Å². The number of imide groups is 1. The fourth-order valence-corrected chi connectivity index (χ4v) is 3.15. The van der Waals surface area contributed by atoms with Crippen molar-refractivity contribution in [3.63, 3.8) is 0 Å². The van der Waals surface area contributed by atoms with E-state index in [0.717, 1.165) is 22.4 Å². The van der Waals surface area contributed by atoms with Gasteiger partial charge in [-0.25, -0.2) is 8.78 Å². The molecular weight excluding hydrogens is 354 g/mol. The molecule has 27 heavy (non-hydrogen) atoms. The Morgan fingerprint density at radius 2 is 1.56 bits per heavy atom. The fraction of sp³-hybridized carbons (Fsp3) is 0.0500. The molecule has 3 aromatic carbocycles. The number of anilines is 1. The predicted molar refractivity (Wildman–Crippen MR) is 94.3 cm³/mol. The van der Waals surface area contributed by atoms with Crippen LogP contribution in [0.4, 0.5) is 14.5 Å². The van der Waals surface area contributed by atoms with E-state index in [1.165, 1.54) is 0 Å². The van der Waals surface area contributed by atoms with Gasteiger partial charge < -0.3 is 5.32 Å². The summed E-state index contributed by atoms with van der Waals surface area (Å²) in [6.07, 6.45) is 0. The highest BCUT2D eigenvalue weighted by atomic mass is 19.1. The molecule has 1 N–H and O–H groups in total. The Kier molecular flexibility index (Phi) is 3.92. The van der Waals surface area contributed by atoms with Gasteiger partial charge in [0.1, 0.15) is 18.2 Å². The van der Waals surface area contributed by atoms with Crippen LogP contribution in [-0.4, -0.2) is 29.2 Å². The van der Waals surface area contributed by atoms with E-state index in [0.29, 0.717) is 22.6 Å². The van der Waals surface area contributed by atoms with Crippen molar-refractivity contribution in [2.75, 3.05) is 11.9 Å². The van der Waals surface area contributed by atoms with Crippen LogP contribution in [0.25, 0.3) is 10.8 Å². The molecule has 0 atom stereocenters. The average Bonchev–Trinajstić information content (AvgIpc) is 2.65. The van der Waals surface area contributed by atoms with Crippen LogP contribution < -0.4 is 5.32 Å². The molecule has 0 unspecified atom stereocenters. The summed E-state index contributed by atoms with van der Waals surface area (Å²) < 4.78 is 26.6. The third-order valence-electron chi connectivity index (χ3n) is 4.36. The average molecular weight is 366 g/mol. The van der Waals surface area contributed by atoms with Crippen molar-refractivity contribution < 1.29 is 23.2 Å². The van der Waals surface area contributed by atoms with Crippen molar-refractivity contribution in [2.45, 2.75) is 0 Å². The number of nitrogens with one attached hydrogen (secondary N) is 1. The maximum absolute atomic E-state index is 13.7. The summed E-state index contributed by atoms with van der Waals surface area (Å²) in [5.41, 5.74) is 0.410. The van der Waals surface area contributed by atoms with Gasteiger partial charge in [0, 0.05) is 22.6 Å². The van der Waals surface area contributed by atoms with Crippen LogP contribution in [0.2, 0.25) is 0 Å². The summed E-state index contributed by atoms with van der Waals surface area (Å²) in [5.74, 6) is -3.70. The number of amides is 3. The Morgan fingerprint density at radius 3 is 2.15 bits per heavy atom. The van der Waals surface area contributed by atoms with Crippen molar-refractivity contribution >= 4 is 34.2 Å². The molecule has 1 heterocycles. The lowest BCUT2D eigenvalue weighted by Gasteiger charge is -2.26. The zero-order valence-corrected chi connectivity index (χ0v) is 13.8. The molecule has 0 radical (unpaired) electrons. The maximum Gasteiger partial charge on any atom is 0.261 e. The largest absolute Gasteiger partial charge is 0.322 e. The first kappa shape index (κ1) is 16.8. The van der Waals surface area contributed by atoms with E-state index in [1.807, 2.05) is 0 Å². The van der Waals surface area contributed by atoms with Crippen LogP contribution in [0, 0.1) is 11.6 Å². The van der Waals surface area contributed by atoms with Gasteiger partial charge in [-0.1, -0.05) is 24.3 Å². The summed E-state index contributed by atoms with van der Waals surface area (Å²) in [6.45, 7) is -0.584. The van der Waals surface area contributed by atoms with Gasteiger partial charge in [-0.05, 0) is 29.7 Å². The van der Waals surface area contributed by atoms with E-state index in [1.54, 1.807) is 36.4 Å². The fourth-order valence-electron chi connectivity index (χ4n) is 3.15. The summed E-state index contributed by atoms with van der Waals surface area (Å²) in [6, 6.07) is 12.8. The van der Waals surface area contributed by atoms with Crippen LogP contribution in [-0.2, 0) is 4.79 Å². The smallest absolute Gasteiger partial charge is 0.261 e. The Labute approximate surface area is 152 Å². The van der Waals surface area contributed by atoms with Crippen LogP contribution in [0.5, 0.6) is 0 Å². The first-order valence-corrected chi connectivity index (χ1v) is 8.08. The molecule has 0 saturated heterocycles. The molecule has 0 aliphatic carbocycles. The quantitative estimate of drug-likeness (QED) is 0.723. The number of hydrogen-bond acceptors (Lipinski definition) is 3. The molecule has 0 spiro atoms. The summed E-state index contributed by atoms with van der Waals surface area (Å²) in [5, 5.41) is 3.55. The van der Waals surface area contributed by atoms with Crippen molar-refractivity contribution in [3.05, 3.63) is 77.4 Å². The van der Waals surface area contributed by atoms with Crippen molar-refractivity contribution in [1.29, 1.82) is 0 Å². The monoisotopic (exact) mass is 366 g/mol. The number of benzene rings is 3. The maximum atomic E-state index is 13.7. The second kappa shape index (κ2) is 6.28. The Hall–Kier alpha value is -3.61. The van der Waals surface area contributed by atoms with E-state index in [2.05, 4.69) is 5.32 Å². The minimum absolute atomic E-state index is 0.235. The molecule has 0 fully saturated rings. The highest BCUT2D eigenvalue weighted by Crippen LogP contribution is 2.29. The molecule has 1 aliphatic heterocycles. The molecule has 1 aliphatic rings. The lowest BCUT2D eigenvalue weighted by molar-refractivity contribution is -0.116. The SMILES string of the molecule is O=C(CN1C(=O)c2cccc3cccc(c23)C1=O)Nc1ccc(F)cc1F. The minimum atomic E-state index is -0.949. The molecule has 7 heteroatoms.